The van der Waals surface area contributed by atoms with Crippen molar-refractivity contribution >= 4 is 41.5 Å². The first kappa shape index (κ1) is 24.9. The van der Waals surface area contributed by atoms with Crippen LogP contribution in [0.5, 0.6) is 0 Å². The normalized spacial score (nSPS) is 17.0. The van der Waals surface area contributed by atoms with E-state index < -0.39 is 0 Å². The van der Waals surface area contributed by atoms with Crippen molar-refractivity contribution in [2.24, 2.45) is 4.99 Å². The van der Waals surface area contributed by atoms with Gasteiger partial charge in [0.1, 0.15) is 0 Å². The maximum absolute atomic E-state index is 6.08. The van der Waals surface area contributed by atoms with E-state index >= 15 is 0 Å². The van der Waals surface area contributed by atoms with Gasteiger partial charge in [-0.15, -0.1) is 24.0 Å². The molecular weight excluding hydrogens is 511 g/mol. The molecule has 5 nitrogen and oxygen atoms in total. The Bertz CT molecular complexity index is 797. The summed E-state index contributed by atoms with van der Waals surface area (Å²) in [4.78, 5) is 4.38. The molecule has 0 saturated carbocycles. The Kier molecular flexibility index (Phi) is 10.4. The molecule has 0 aromatic heterocycles. The lowest BCUT2D eigenvalue weighted by Gasteiger charge is -2.41. The Balaban J connectivity index is 0.00000320. The number of hydrogen-bond donors (Lipinski definition) is 3. The number of hydrogen-bond acceptors (Lipinski definition) is 3. The van der Waals surface area contributed by atoms with Gasteiger partial charge in [0.05, 0.1) is 0 Å². The molecule has 30 heavy (non-hydrogen) atoms. The molecule has 1 unspecified atom stereocenters. The third kappa shape index (κ3) is 7.41. The molecule has 1 aliphatic heterocycles. The lowest BCUT2D eigenvalue weighted by atomic mass is 9.88. The Labute approximate surface area is 202 Å². The zero-order valence-electron chi connectivity index (χ0n) is 17.7. The molecule has 164 valence electrons. The van der Waals surface area contributed by atoms with Crippen LogP contribution in [-0.2, 0) is 11.3 Å². The number of ether oxygens (including phenoxy) is 1. The third-order valence-corrected chi connectivity index (χ3v) is 5.67. The van der Waals surface area contributed by atoms with Gasteiger partial charge in [0.2, 0.25) is 0 Å². The van der Waals surface area contributed by atoms with Crippen molar-refractivity contribution in [3.8, 4) is 0 Å². The highest BCUT2D eigenvalue weighted by atomic mass is 127. The zero-order valence-corrected chi connectivity index (χ0v) is 20.7. The van der Waals surface area contributed by atoms with Crippen LogP contribution in [0.2, 0.25) is 5.02 Å². The minimum atomic E-state index is -0.0405. The second kappa shape index (κ2) is 12.5. The Morgan fingerprint density at radius 2 is 1.83 bits per heavy atom. The van der Waals surface area contributed by atoms with Crippen molar-refractivity contribution in [2.45, 2.75) is 37.9 Å². The molecule has 1 heterocycles. The number of nitrogens with one attached hydrogen (secondary N) is 3. The molecule has 0 radical (unpaired) electrons. The maximum Gasteiger partial charge on any atom is 0.191 e. The topological polar surface area (TPSA) is 57.7 Å². The monoisotopic (exact) mass is 542 g/mol. The van der Waals surface area contributed by atoms with E-state index in [1.807, 2.05) is 18.2 Å². The maximum atomic E-state index is 6.08. The van der Waals surface area contributed by atoms with Gasteiger partial charge in [0, 0.05) is 50.0 Å². The highest BCUT2D eigenvalue weighted by molar-refractivity contribution is 14.0. The molecule has 0 amide bonds. The van der Waals surface area contributed by atoms with Crippen LogP contribution in [-0.4, -0.2) is 38.3 Å². The van der Waals surface area contributed by atoms with Gasteiger partial charge in [-0.3, -0.25) is 4.99 Å². The lowest BCUT2D eigenvalue weighted by molar-refractivity contribution is 0.0355. The van der Waals surface area contributed by atoms with Crippen molar-refractivity contribution < 1.29 is 4.74 Å². The minimum Gasteiger partial charge on any atom is -0.381 e. The molecule has 0 aliphatic carbocycles. The van der Waals surface area contributed by atoms with Crippen molar-refractivity contribution in [3.63, 3.8) is 0 Å². The molecule has 1 fully saturated rings. The summed E-state index contributed by atoms with van der Waals surface area (Å²) >= 11 is 6.08. The van der Waals surface area contributed by atoms with Gasteiger partial charge in [-0.1, -0.05) is 54.1 Å². The number of halogens is 2. The van der Waals surface area contributed by atoms with Gasteiger partial charge in [-0.25, -0.2) is 0 Å². The molecule has 3 N–H and O–H groups in total. The second-order valence-electron chi connectivity index (χ2n) is 7.58. The summed E-state index contributed by atoms with van der Waals surface area (Å²) in [7, 11) is 1.80. The summed E-state index contributed by atoms with van der Waals surface area (Å²) in [6, 6.07) is 18.7. The van der Waals surface area contributed by atoms with Crippen LogP contribution in [0.25, 0.3) is 0 Å². The van der Waals surface area contributed by atoms with E-state index in [0.29, 0.717) is 6.54 Å². The standard InChI is InChI=1S/C23H31ClN4O.HI/c1-18(20-8-4-3-5-9-20)28-23(11-13-29-14-12-23)17-27-22(25-2)26-16-19-7-6-10-21(24)15-19;/h3-10,15,18,28H,11-14,16-17H2,1-2H3,(H2,25,26,27);1H. The first-order chi connectivity index (χ1) is 14.1. The van der Waals surface area contributed by atoms with Crippen molar-refractivity contribution in [2.75, 3.05) is 26.8 Å². The molecular formula is C23H32ClIN4O. The highest BCUT2D eigenvalue weighted by Crippen LogP contribution is 2.25. The summed E-state index contributed by atoms with van der Waals surface area (Å²) in [5, 5.41) is 11.5. The minimum absolute atomic E-state index is 0. The molecule has 2 aromatic carbocycles. The highest BCUT2D eigenvalue weighted by Gasteiger charge is 2.34. The van der Waals surface area contributed by atoms with E-state index in [-0.39, 0.29) is 35.6 Å². The van der Waals surface area contributed by atoms with Crippen molar-refractivity contribution in [1.82, 2.24) is 16.0 Å². The predicted octanol–water partition coefficient (Wildman–Crippen LogP) is 4.52. The average molecular weight is 543 g/mol. The van der Waals surface area contributed by atoms with E-state index in [9.17, 15) is 0 Å². The summed E-state index contributed by atoms with van der Waals surface area (Å²) in [6.07, 6.45) is 1.92. The number of rotatable bonds is 7. The quantitative estimate of drug-likeness (QED) is 0.274. The molecule has 0 bridgehead atoms. The summed E-state index contributed by atoms with van der Waals surface area (Å²) in [6.45, 7) is 5.21. The van der Waals surface area contributed by atoms with Gasteiger partial charge in [-0.2, -0.15) is 0 Å². The summed E-state index contributed by atoms with van der Waals surface area (Å²) in [5.74, 6) is 0.782. The molecule has 1 saturated heterocycles. The lowest BCUT2D eigenvalue weighted by Crippen LogP contribution is -2.58. The van der Waals surface area contributed by atoms with Crippen LogP contribution in [0.4, 0.5) is 0 Å². The van der Waals surface area contributed by atoms with Crippen LogP contribution in [0.1, 0.15) is 36.9 Å². The van der Waals surface area contributed by atoms with E-state index in [0.717, 1.165) is 49.1 Å². The van der Waals surface area contributed by atoms with Gasteiger partial charge in [-0.05, 0) is 43.0 Å². The SMILES string of the molecule is CN=C(NCc1cccc(Cl)c1)NCC1(NC(C)c2ccccc2)CCOCC1.I. The molecule has 1 aliphatic rings. The number of nitrogens with zero attached hydrogens (tertiary/aromatic N) is 1. The number of guanidine groups is 1. The summed E-state index contributed by atoms with van der Waals surface area (Å²) < 4.78 is 5.64. The first-order valence-corrected chi connectivity index (χ1v) is 10.6. The van der Waals surface area contributed by atoms with E-state index in [4.69, 9.17) is 16.3 Å². The fraction of sp³-hybridized carbons (Fsp3) is 0.435. The largest absolute Gasteiger partial charge is 0.381 e. The van der Waals surface area contributed by atoms with Crippen LogP contribution < -0.4 is 16.0 Å². The van der Waals surface area contributed by atoms with Gasteiger partial charge < -0.3 is 20.7 Å². The average Bonchev–Trinajstić information content (AvgIpc) is 2.75. The number of benzene rings is 2. The Hall–Kier alpha value is -1.35. The van der Waals surface area contributed by atoms with Crippen LogP contribution in [0.3, 0.4) is 0 Å². The fourth-order valence-electron chi connectivity index (χ4n) is 3.72. The van der Waals surface area contributed by atoms with Gasteiger partial charge >= 0.3 is 0 Å². The van der Waals surface area contributed by atoms with E-state index in [1.165, 1.54) is 5.56 Å². The fourth-order valence-corrected chi connectivity index (χ4v) is 3.94. The van der Waals surface area contributed by atoms with Crippen molar-refractivity contribution in [3.05, 3.63) is 70.7 Å². The van der Waals surface area contributed by atoms with E-state index in [2.05, 4.69) is 64.3 Å². The predicted molar refractivity (Wildman–Crippen MR) is 136 cm³/mol. The number of aliphatic imine (C=N–C) groups is 1. The third-order valence-electron chi connectivity index (χ3n) is 5.44. The van der Waals surface area contributed by atoms with Crippen LogP contribution in [0, 0.1) is 0 Å². The molecule has 0 spiro atoms. The Morgan fingerprint density at radius 1 is 1.10 bits per heavy atom. The summed E-state index contributed by atoms with van der Waals surface area (Å²) in [5.41, 5.74) is 2.38. The second-order valence-corrected chi connectivity index (χ2v) is 8.02. The smallest absolute Gasteiger partial charge is 0.191 e. The van der Waals surface area contributed by atoms with Crippen LogP contribution in [0.15, 0.2) is 59.6 Å². The van der Waals surface area contributed by atoms with E-state index in [1.54, 1.807) is 7.05 Å². The van der Waals surface area contributed by atoms with Crippen molar-refractivity contribution in [1.29, 1.82) is 0 Å². The Morgan fingerprint density at radius 3 is 2.50 bits per heavy atom. The molecule has 2 aromatic rings. The zero-order chi connectivity index (χ0) is 20.5. The van der Waals surface area contributed by atoms with Gasteiger partial charge in [0.15, 0.2) is 5.96 Å². The van der Waals surface area contributed by atoms with Crippen LogP contribution >= 0.6 is 35.6 Å². The van der Waals surface area contributed by atoms with Gasteiger partial charge in [0.25, 0.3) is 0 Å². The molecule has 3 rings (SSSR count). The molecule has 7 heteroatoms. The first-order valence-electron chi connectivity index (χ1n) is 10.2. The molecule has 1 atom stereocenters.